The first-order valence-corrected chi connectivity index (χ1v) is 30.1. The topological polar surface area (TPSA) is 170 Å². The van der Waals surface area contributed by atoms with E-state index in [1.165, 1.54) is 43.3 Å². The van der Waals surface area contributed by atoms with Crippen molar-refractivity contribution in [2.45, 2.75) is 38.5 Å². The lowest BCUT2D eigenvalue weighted by atomic mass is 9.96. The number of imidazole rings is 3. The fourth-order valence-corrected chi connectivity index (χ4v) is 10.5. The molecule has 21 heteroatoms. The van der Waals surface area contributed by atoms with E-state index in [4.69, 9.17) is 0 Å². The summed E-state index contributed by atoms with van der Waals surface area (Å²) in [5.74, 6) is 1.72. The van der Waals surface area contributed by atoms with Crippen molar-refractivity contribution in [1.29, 1.82) is 0 Å². The van der Waals surface area contributed by atoms with Crippen molar-refractivity contribution in [3.63, 3.8) is 0 Å². The Bertz CT molecular complexity index is 4830. The fourth-order valence-electron chi connectivity index (χ4n) is 9.89. The maximum atomic E-state index is 12.7. The lowest BCUT2D eigenvalue weighted by Gasteiger charge is -2.11. The van der Waals surface area contributed by atoms with Crippen LogP contribution in [0.25, 0.3) is 103 Å². The second kappa shape index (κ2) is 26.8. The average molecular weight is 1270 g/mol. The van der Waals surface area contributed by atoms with Gasteiger partial charge in [-0.05, 0) is 161 Å². The van der Waals surface area contributed by atoms with Gasteiger partial charge < -0.3 is 20.1 Å². The van der Waals surface area contributed by atoms with Crippen LogP contribution in [-0.2, 0) is 28.6 Å². The highest BCUT2D eigenvalue weighted by molar-refractivity contribution is 7.92. The molecule has 0 radical (unpaired) electrons. The molecule has 92 heavy (non-hydrogen) atoms. The molecule has 0 saturated heterocycles. The van der Waals surface area contributed by atoms with Crippen LogP contribution in [0.2, 0.25) is 0 Å². The molecule has 5 N–H and O–H groups in total. The number of hydrogen-bond donors (Lipinski definition) is 5. The Kier molecular flexibility index (Phi) is 18.8. The second-order valence-electron chi connectivity index (χ2n) is 21.2. The zero-order valence-electron chi connectivity index (χ0n) is 48.9. The van der Waals surface area contributed by atoms with Gasteiger partial charge in [0, 0.05) is 11.1 Å². The van der Waals surface area contributed by atoms with Gasteiger partial charge in [-0.25, -0.2) is 23.4 Å². The number of ketones is 1. The molecule has 12 rings (SSSR count). The molecule has 9 aromatic carbocycles. The number of nitrogens with zero attached hydrogens (tertiary/aromatic N) is 3. The van der Waals surface area contributed by atoms with E-state index in [-0.39, 0.29) is 5.78 Å². The number of benzene rings is 9. The maximum Gasteiger partial charge on any atom is 0.416 e. The van der Waals surface area contributed by atoms with Crippen molar-refractivity contribution >= 4 is 91.1 Å². The van der Waals surface area contributed by atoms with Gasteiger partial charge in [0.2, 0.25) is 10.0 Å². The monoisotopic (exact) mass is 1270 g/mol. The van der Waals surface area contributed by atoms with Crippen LogP contribution in [0.15, 0.2) is 200 Å². The summed E-state index contributed by atoms with van der Waals surface area (Å²) in [7, 11) is -3.43. The highest BCUT2D eigenvalue weighted by atomic mass is 32.2. The molecular formula is C71H54F9N7O4S. The van der Waals surface area contributed by atoms with Crippen LogP contribution in [0.3, 0.4) is 0 Å². The number of fused-ring (bicyclic) bond motifs is 3. The number of anilines is 1. The molecule has 0 spiro atoms. The van der Waals surface area contributed by atoms with Gasteiger partial charge in [-0.2, -0.15) is 39.5 Å². The molecule has 0 bridgehead atoms. The van der Waals surface area contributed by atoms with Crippen LogP contribution in [0.5, 0.6) is 0 Å². The molecule has 0 aliphatic rings. The van der Waals surface area contributed by atoms with Crippen LogP contribution in [0.4, 0.5) is 45.2 Å². The number of Topliss-reactive ketones (excluding diaryl/α,β-unsaturated/α-hetero) is 1. The number of sulfonamides is 1. The van der Waals surface area contributed by atoms with Crippen molar-refractivity contribution in [3.05, 3.63) is 262 Å². The van der Waals surface area contributed by atoms with E-state index in [9.17, 15) is 57.8 Å². The van der Waals surface area contributed by atoms with Gasteiger partial charge in [-0.1, -0.05) is 140 Å². The number of nitrogens with one attached hydrogen (secondary N) is 4. The van der Waals surface area contributed by atoms with E-state index < -0.39 is 51.3 Å². The highest BCUT2D eigenvalue weighted by Gasteiger charge is 2.31. The summed E-state index contributed by atoms with van der Waals surface area (Å²) in [6.07, 6.45) is -2.34. The van der Waals surface area contributed by atoms with Gasteiger partial charge in [0.1, 0.15) is 17.5 Å². The van der Waals surface area contributed by atoms with Crippen molar-refractivity contribution in [2.75, 3.05) is 11.0 Å². The number of aromatic amines is 3. The van der Waals surface area contributed by atoms with Crippen LogP contribution in [0.1, 0.15) is 86.7 Å². The molecular weight excluding hydrogens is 1220 g/mol. The van der Waals surface area contributed by atoms with E-state index in [1.54, 1.807) is 61.6 Å². The van der Waals surface area contributed by atoms with Crippen molar-refractivity contribution in [3.8, 4) is 33.4 Å². The number of aliphatic hydroxyl groups is 1. The minimum atomic E-state index is -4.37. The first-order valence-electron chi connectivity index (χ1n) is 28.2. The maximum absolute atomic E-state index is 12.7. The molecule has 0 saturated carbocycles. The van der Waals surface area contributed by atoms with Gasteiger partial charge in [0.25, 0.3) is 0 Å². The number of carbonyl (C=O) groups excluding carboxylic acids is 1. The Morgan fingerprint density at radius 3 is 1.16 bits per heavy atom. The number of para-hydroxylation sites is 1. The third kappa shape index (κ3) is 16.2. The van der Waals surface area contributed by atoms with E-state index in [0.29, 0.717) is 50.9 Å². The number of H-pyrrole nitrogens is 3. The molecule has 0 fully saturated rings. The number of aromatic nitrogens is 6. The molecule has 1 atom stereocenters. The normalized spacial score (nSPS) is 12.6. The molecule has 3 aromatic heterocycles. The van der Waals surface area contributed by atoms with E-state index >= 15 is 0 Å². The quantitative estimate of drug-likeness (QED) is 0.0565. The molecule has 3 heterocycles. The molecule has 0 aliphatic carbocycles. The molecule has 466 valence electrons. The van der Waals surface area contributed by atoms with E-state index in [1.807, 2.05) is 109 Å². The Morgan fingerprint density at radius 2 is 0.793 bits per heavy atom. The Morgan fingerprint density at radius 1 is 0.457 bits per heavy atom. The largest absolute Gasteiger partial charge is 0.416 e. The van der Waals surface area contributed by atoms with Gasteiger partial charge in [-0.15, -0.1) is 0 Å². The molecule has 0 aliphatic heterocycles. The highest BCUT2D eigenvalue weighted by Crippen LogP contribution is 2.35. The zero-order chi connectivity index (χ0) is 65.5. The average Bonchev–Trinajstić information content (AvgIpc) is 1.69. The Labute approximate surface area is 521 Å². The number of halogens is 9. The predicted octanol–water partition coefficient (Wildman–Crippen LogP) is 18.9. The zero-order valence-corrected chi connectivity index (χ0v) is 49.7. The summed E-state index contributed by atoms with van der Waals surface area (Å²) in [6.45, 7) is 3.27. The minimum Gasteiger partial charge on any atom is -0.389 e. The third-order valence-electron chi connectivity index (χ3n) is 14.4. The standard InChI is InChI=1S/C24H19F3N2O.C24H17F3N2O.C23H18F3N3O2S/c2*1-15(30)19-4-2-3-5-20(19)17-9-12-21-22(14-17)29-23(28-21)13-8-16-6-10-18(11-7-16)24(25,26)27;1-32(30,31)29-19-5-3-2-4-18(19)16-9-12-20-21(14-16)28-22(27-20)13-8-15-6-10-17(11-7-15)23(24,25)26/h2-15,30H,1H3,(H,28,29);2-14H,1H3,(H,28,29);2-14,29H,1H3,(H,27,28)/b3*13-8+. The Hall–Kier alpha value is -10.6. The van der Waals surface area contributed by atoms with Gasteiger partial charge in [0.15, 0.2) is 5.78 Å². The van der Waals surface area contributed by atoms with E-state index in [0.717, 1.165) is 109 Å². The number of hydrogen-bond acceptors (Lipinski definition) is 7. The summed E-state index contributed by atoms with van der Waals surface area (Å²) < 4.78 is 140. The van der Waals surface area contributed by atoms with Gasteiger partial charge in [0.05, 0.1) is 67.8 Å². The molecule has 11 nitrogen and oxygen atoms in total. The van der Waals surface area contributed by atoms with Crippen LogP contribution in [-0.4, -0.2) is 55.5 Å². The second-order valence-corrected chi connectivity index (χ2v) is 23.0. The SMILES string of the molecule is CC(=O)c1ccccc1-c1ccc2nc(/C=C/c3ccc(C(F)(F)F)cc3)[nH]c2c1.CC(O)c1ccccc1-c1ccc2nc(/C=C/c3ccc(C(F)(F)F)cc3)[nH]c2c1.CS(=O)(=O)Nc1ccccc1-c1ccc2nc(/C=C/c3ccc(C(F)(F)F)cc3)[nH]c2c1. The first kappa shape index (κ1) is 64.3. The van der Waals surface area contributed by atoms with Gasteiger partial charge in [-0.3, -0.25) is 9.52 Å². The lowest BCUT2D eigenvalue weighted by molar-refractivity contribution is -0.138. The van der Waals surface area contributed by atoms with Crippen LogP contribution in [0, 0.1) is 0 Å². The molecule has 12 aromatic rings. The minimum absolute atomic E-state index is 0.00419. The van der Waals surface area contributed by atoms with Gasteiger partial charge >= 0.3 is 18.5 Å². The van der Waals surface area contributed by atoms with E-state index in [2.05, 4.69) is 34.6 Å². The number of alkyl halides is 9. The predicted molar refractivity (Wildman–Crippen MR) is 345 cm³/mol. The lowest BCUT2D eigenvalue weighted by Crippen LogP contribution is -2.10. The summed E-state index contributed by atoms with van der Waals surface area (Å²) in [5, 5.41) is 10.0. The molecule has 0 amide bonds. The Balaban J connectivity index is 0.000000151. The fraction of sp³-hybridized carbons (Fsp3) is 0.0986. The molecule has 1 unspecified atom stereocenters. The summed E-state index contributed by atoms with van der Waals surface area (Å²) in [4.78, 5) is 35.0. The van der Waals surface area contributed by atoms with Crippen LogP contribution >= 0.6 is 0 Å². The summed E-state index contributed by atoms with van der Waals surface area (Å²) in [5.41, 5.74) is 11.6. The summed E-state index contributed by atoms with van der Waals surface area (Å²) >= 11 is 0. The van der Waals surface area contributed by atoms with Crippen molar-refractivity contribution in [2.24, 2.45) is 0 Å². The number of carbonyl (C=O) groups is 1. The van der Waals surface area contributed by atoms with Crippen molar-refractivity contribution < 1.29 is 57.8 Å². The van der Waals surface area contributed by atoms with Crippen LogP contribution < -0.4 is 4.72 Å². The number of rotatable bonds is 13. The summed E-state index contributed by atoms with van der Waals surface area (Å²) in [6, 6.07) is 54.0. The first-order chi connectivity index (χ1) is 43.7. The smallest absolute Gasteiger partial charge is 0.389 e. The van der Waals surface area contributed by atoms with Crippen molar-refractivity contribution in [1.82, 2.24) is 29.9 Å². The third-order valence-corrected chi connectivity index (χ3v) is 15.0. The number of aliphatic hydroxyl groups excluding tert-OH is 1.